The summed E-state index contributed by atoms with van der Waals surface area (Å²) in [6.07, 6.45) is 5.27. The van der Waals surface area contributed by atoms with Crippen LogP contribution in [0.25, 0.3) is 0 Å². The summed E-state index contributed by atoms with van der Waals surface area (Å²) >= 11 is 0. The van der Waals surface area contributed by atoms with Crippen LogP contribution in [-0.2, 0) is 4.74 Å². The Kier molecular flexibility index (Phi) is 4.40. The molecule has 0 amide bonds. The Balaban J connectivity index is 1.92. The van der Waals surface area contributed by atoms with Crippen molar-refractivity contribution in [2.45, 2.75) is 45.6 Å². The average Bonchev–Trinajstić information content (AvgIpc) is 3.20. The molecule has 1 aromatic heterocycles. The maximum Gasteiger partial charge on any atom is 0.339 e. The minimum Gasteiger partial charge on any atom is -0.465 e. The topological polar surface area (TPSA) is 51.2 Å². The van der Waals surface area contributed by atoms with E-state index >= 15 is 0 Å². The molecule has 0 radical (unpaired) electrons. The Hall–Kier alpha value is -1.58. The number of esters is 1. The van der Waals surface area contributed by atoms with Crippen LogP contribution in [0.1, 0.15) is 48.7 Å². The number of aromatic nitrogens is 1. The molecular weight excluding hydrogens is 240 g/mol. The van der Waals surface area contributed by atoms with E-state index in [1.54, 1.807) is 6.07 Å². The van der Waals surface area contributed by atoms with E-state index in [1.165, 1.54) is 32.8 Å². The molecule has 0 spiro atoms. The van der Waals surface area contributed by atoms with Gasteiger partial charge in [0, 0.05) is 6.04 Å². The quantitative estimate of drug-likeness (QED) is 0.800. The predicted octanol–water partition coefficient (Wildman–Crippen LogP) is 3.17. The molecule has 0 aliphatic heterocycles. The van der Waals surface area contributed by atoms with Crippen LogP contribution in [0.15, 0.2) is 12.1 Å². The molecule has 1 unspecified atom stereocenters. The van der Waals surface area contributed by atoms with Gasteiger partial charge in [-0.25, -0.2) is 9.78 Å². The number of anilines is 1. The highest BCUT2D eigenvalue weighted by atomic mass is 16.5. The van der Waals surface area contributed by atoms with Crippen molar-refractivity contribution in [3.8, 4) is 0 Å². The monoisotopic (exact) mass is 262 g/mol. The minimum absolute atomic E-state index is 0.335. The highest BCUT2D eigenvalue weighted by Gasteiger charge is 2.21. The highest BCUT2D eigenvalue weighted by Crippen LogP contribution is 2.34. The number of aryl methyl sites for hydroxylation is 1. The molecular formula is C15H22N2O2. The van der Waals surface area contributed by atoms with Crippen molar-refractivity contribution < 1.29 is 9.53 Å². The van der Waals surface area contributed by atoms with E-state index in [0.29, 0.717) is 17.3 Å². The number of hydrogen-bond acceptors (Lipinski definition) is 4. The number of nitrogens with one attached hydrogen (secondary N) is 1. The molecule has 1 aliphatic carbocycles. The molecule has 0 aromatic carbocycles. The molecule has 0 bridgehead atoms. The van der Waals surface area contributed by atoms with Gasteiger partial charge >= 0.3 is 5.97 Å². The van der Waals surface area contributed by atoms with Crippen LogP contribution in [0.4, 0.5) is 5.82 Å². The fraction of sp³-hybridized carbons (Fsp3) is 0.600. The Morgan fingerprint density at radius 3 is 2.84 bits per heavy atom. The molecule has 4 nitrogen and oxygen atoms in total. The fourth-order valence-electron chi connectivity index (χ4n) is 2.18. The van der Waals surface area contributed by atoms with Crippen LogP contribution < -0.4 is 5.32 Å². The first-order valence-corrected chi connectivity index (χ1v) is 6.92. The van der Waals surface area contributed by atoms with Crippen LogP contribution in [0, 0.1) is 12.8 Å². The molecule has 19 heavy (non-hydrogen) atoms. The number of carbonyl (C=O) groups excluding carboxylic acids is 1. The maximum atomic E-state index is 11.5. The van der Waals surface area contributed by atoms with E-state index in [9.17, 15) is 4.79 Å². The summed E-state index contributed by atoms with van der Waals surface area (Å²) in [4.78, 5) is 15.9. The van der Waals surface area contributed by atoms with Crippen LogP contribution >= 0.6 is 0 Å². The number of pyridine rings is 1. The van der Waals surface area contributed by atoms with Gasteiger partial charge in [-0.05, 0) is 44.7 Å². The second kappa shape index (κ2) is 6.04. The number of nitrogens with zero attached hydrogens (tertiary/aromatic N) is 1. The third-order valence-corrected chi connectivity index (χ3v) is 3.59. The molecule has 4 heteroatoms. The van der Waals surface area contributed by atoms with Crippen molar-refractivity contribution in [2.24, 2.45) is 5.92 Å². The molecule has 1 saturated carbocycles. The maximum absolute atomic E-state index is 11.5. The van der Waals surface area contributed by atoms with Crippen molar-refractivity contribution in [3.05, 3.63) is 23.4 Å². The van der Waals surface area contributed by atoms with Crippen LogP contribution in [0.2, 0.25) is 0 Å². The lowest BCUT2D eigenvalue weighted by Gasteiger charge is -2.15. The summed E-state index contributed by atoms with van der Waals surface area (Å²) in [6.45, 7) is 4.00. The average molecular weight is 262 g/mol. The summed E-state index contributed by atoms with van der Waals surface area (Å²) < 4.78 is 4.71. The highest BCUT2D eigenvalue weighted by molar-refractivity contribution is 5.90. The minimum atomic E-state index is -0.335. The zero-order valence-electron chi connectivity index (χ0n) is 11.9. The lowest BCUT2D eigenvalue weighted by molar-refractivity contribution is 0.0599. The van der Waals surface area contributed by atoms with E-state index in [1.807, 2.05) is 13.0 Å². The summed E-state index contributed by atoms with van der Waals surface area (Å²) in [6, 6.07) is 4.02. The molecule has 1 heterocycles. The lowest BCUT2D eigenvalue weighted by Crippen LogP contribution is -2.17. The van der Waals surface area contributed by atoms with E-state index in [4.69, 9.17) is 4.74 Å². The standard InChI is InChI=1S/C15H22N2O2/c1-10(4-5-12-6-7-12)16-14-9-8-13(11(2)17-14)15(18)19-3/h8-10,12H,4-7H2,1-3H3,(H,16,17). The molecule has 1 atom stereocenters. The van der Waals surface area contributed by atoms with Gasteiger partial charge in [0.1, 0.15) is 5.82 Å². The normalized spacial score (nSPS) is 15.9. The Morgan fingerprint density at radius 2 is 2.26 bits per heavy atom. The zero-order chi connectivity index (χ0) is 13.8. The fourth-order valence-corrected chi connectivity index (χ4v) is 2.18. The number of carbonyl (C=O) groups is 1. The van der Waals surface area contributed by atoms with E-state index in [0.717, 1.165) is 11.7 Å². The van der Waals surface area contributed by atoms with E-state index in [2.05, 4.69) is 17.2 Å². The summed E-state index contributed by atoms with van der Waals surface area (Å²) in [5.41, 5.74) is 1.23. The zero-order valence-corrected chi connectivity index (χ0v) is 11.9. The summed E-state index contributed by atoms with van der Waals surface area (Å²) in [7, 11) is 1.38. The van der Waals surface area contributed by atoms with E-state index in [-0.39, 0.29) is 5.97 Å². The molecule has 1 aromatic rings. The first kappa shape index (κ1) is 13.8. The Morgan fingerprint density at radius 1 is 1.53 bits per heavy atom. The smallest absolute Gasteiger partial charge is 0.339 e. The first-order chi connectivity index (χ1) is 9.10. The molecule has 2 rings (SSSR count). The van der Waals surface area contributed by atoms with E-state index < -0.39 is 0 Å². The van der Waals surface area contributed by atoms with Gasteiger partial charge in [0.15, 0.2) is 0 Å². The second-order valence-corrected chi connectivity index (χ2v) is 5.39. The molecule has 1 N–H and O–H groups in total. The molecule has 0 saturated heterocycles. The van der Waals surface area contributed by atoms with Gasteiger partial charge in [-0.3, -0.25) is 0 Å². The van der Waals surface area contributed by atoms with Crippen molar-refractivity contribution >= 4 is 11.8 Å². The van der Waals surface area contributed by atoms with Crippen molar-refractivity contribution in [1.82, 2.24) is 4.98 Å². The van der Waals surface area contributed by atoms with Gasteiger partial charge in [-0.15, -0.1) is 0 Å². The van der Waals surface area contributed by atoms with Gasteiger partial charge < -0.3 is 10.1 Å². The molecule has 1 aliphatic rings. The molecule has 104 valence electrons. The van der Waals surface area contributed by atoms with Crippen molar-refractivity contribution in [2.75, 3.05) is 12.4 Å². The van der Waals surface area contributed by atoms with Gasteiger partial charge in [0.05, 0.1) is 18.4 Å². The lowest BCUT2D eigenvalue weighted by atomic mass is 10.1. The number of ether oxygens (including phenoxy) is 1. The van der Waals surface area contributed by atoms with Crippen molar-refractivity contribution in [1.29, 1.82) is 0 Å². The van der Waals surface area contributed by atoms with Crippen LogP contribution in [0.5, 0.6) is 0 Å². The summed E-state index contributed by atoms with van der Waals surface area (Å²) in [5, 5.41) is 3.39. The SMILES string of the molecule is COC(=O)c1ccc(NC(C)CCC2CC2)nc1C. The van der Waals surface area contributed by atoms with Crippen LogP contribution in [0.3, 0.4) is 0 Å². The first-order valence-electron chi connectivity index (χ1n) is 6.92. The number of hydrogen-bond donors (Lipinski definition) is 1. The van der Waals surface area contributed by atoms with Gasteiger partial charge in [0.25, 0.3) is 0 Å². The van der Waals surface area contributed by atoms with Gasteiger partial charge in [0.2, 0.25) is 0 Å². The largest absolute Gasteiger partial charge is 0.465 e. The third kappa shape index (κ3) is 3.94. The third-order valence-electron chi connectivity index (χ3n) is 3.59. The Bertz CT molecular complexity index is 455. The van der Waals surface area contributed by atoms with Crippen molar-refractivity contribution in [3.63, 3.8) is 0 Å². The molecule has 1 fully saturated rings. The second-order valence-electron chi connectivity index (χ2n) is 5.39. The number of rotatable bonds is 6. The van der Waals surface area contributed by atoms with Crippen LogP contribution in [-0.4, -0.2) is 24.1 Å². The Labute approximate surface area is 114 Å². The number of methoxy groups -OCH3 is 1. The summed E-state index contributed by atoms with van der Waals surface area (Å²) in [5.74, 6) is 1.45. The van der Waals surface area contributed by atoms with Gasteiger partial charge in [-0.1, -0.05) is 12.8 Å². The predicted molar refractivity (Wildman–Crippen MR) is 75.4 cm³/mol. The van der Waals surface area contributed by atoms with Gasteiger partial charge in [-0.2, -0.15) is 0 Å².